The zero-order chi connectivity index (χ0) is 10.6. The molecule has 1 rings (SSSR count). The number of aryl methyl sites for hydroxylation is 2. The SMILES string of the molecule is CCC(N)CNc1nnc(C)c(C)n1. The van der Waals surface area contributed by atoms with Crippen LogP contribution in [0.25, 0.3) is 0 Å². The van der Waals surface area contributed by atoms with Gasteiger partial charge in [0.15, 0.2) is 0 Å². The molecule has 14 heavy (non-hydrogen) atoms. The lowest BCUT2D eigenvalue weighted by atomic mass is 10.2. The molecular weight excluding hydrogens is 178 g/mol. The fourth-order valence-corrected chi connectivity index (χ4v) is 0.898. The van der Waals surface area contributed by atoms with Crippen molar-refractivity contribution in [2.24, 2.45) is 5.73 Å². The molecule has 0 aliphatic heterocycles. The smallest absolute Gasteiger partial charge is 0.243 e. The summed E-state index contributed by atoms with van der Waals surface area (Å²) in [5.41, 5.74) is 7.50. The molecule has 3 N–H and O–H groups in total. The second-order valence-electron chi connectivity index (χ2n) is 3.36. The Hall–Kier alpha value is -1.23. The monoisotopic (exact) mass is 195 g/mol. The third-order valence-electron chi connectivity index (χ3n) is 2.14. The van der Waals surface area contributed by atoms with Crippen molar-refractivity contribution < 1.29 is 0 Å². The van der Waals surface area contributed by atoms with E-state index in [0.29, 0.717) is 12.5 Å². The Bertz CT molecular complexity index is 299. The largest absolute Gasteiger partial charge is 0.351 e. The van der Waals surface area contributed by atoms with Gasteiger partial charge >= 0.3 is 0 Å². The molecule has 78 valence electrons. The summed E-state index contributed by atoms with van der Waals surface area (Å²) < 4.78 is 0. The number of hydrogen-bond acceptors (Lipinski definition) is 5. The number of hydrogen-bond donors (Lipinski definition) is 2. The van der Waals surface area contributed by atoms with Crippen LogP contribution in [0.3, 0.4) is 0 Å². The van der Waals surface area contributed by atoms with Gasteiger partial charge in [-0.2, -0.15) is 5.10 Å². The van der Waals surface area contributed by atoms with Crippen LogP contribution in [0.5, 0.6) is 0 Å². The van der Waals surface area contributed by atoms with E-state index in [4.69, 9.17) is 5.73 Å². The van der Waals surface area contributed by atoms with E-state index in [9.17, 15) is 0 Å². The number of nitrogens with one attached hydrogen (secondary N) is 1. The van der Waals surface area contributed by atoms with Crippen molar-refractivity contribution in [1.82, 2.24) is 15.2 Å². The fourth-order valence-electron chi connectivity index (χ4n) is 0.898. The molecule has 0 bridgehead atoms. The highest BCUT2D eigenvalue weighted by Crippen LogP contribution is 2.01. The highest BCUT2D eigenvalue weighted by molar-refractivity contribution is 5.24. The Balaban J connectivity index is 2.55. The van der Waals surface area contributed by atoms with Gasteiger partial charge in [0.1, 0.15) is 0 Å². The van der Waals surface area contributed by atoms with E-state index in [1.54, 1.807) is 0 Å². The van der Waals surface area contributed by atoms with Crippen LogP contribution >= 0.6 is 0 Å². The lowest BCUT2D eigenvalue weighted by Crippen LogP contribution is -2.28. The summed E-state index contributed by atoms with van der Waals surface area (Å²) in [6.45, 7) is 6.53. The van der Waals surface area contributed by atoms with Gasteiger partial charge in [0.2, 0.25) is 5.95 Å². The third-order valence-corrected chi connectivity index (χ3v) is 2.14. The van der Waals surface area contributed by atoms with Crippen LogP contribution in [0.1, 0.15) is 24.7 Å². The number of rotatable bonds is 4. The van der Waals surface area contributed by atoms with Gasteiger partial charge in [0, 0.05) is 12.6 Å². The highest BCUT2D eigenvalue weighted by Gasteiger charge is 2.02. The van der Waals surface area contributed by atoms with E-state index in [-0.39, 0.29) is 6.04 Å². The number of aromatic nitrogens is 3. The maximum atomic E-state index is 5.75. The summed E-state index contributed by atoms with van der Waals surface area (Å²) in [6, 6.07) is 0.139. The molecule has 1 unspecified atom stereocenters. The summed E-state index contributed by atoms with van der Waals surface area (Å²) in [7, 11) is 0. The van der Waals surface area contributed by atoms with Crippen molar-refractivity contribution in [3.8, 4) is 0 Å². The first-order valence-corrected chi connectivity index (χ1v) is 4.80. The van der Waals surface area contributed by atoms with E-state index in [1.807, 2.05) is 20.8 Å². The van der Waals surface area contributed by atoms with Crippen LogP contribution in [-0.4, -0.2) is 27.8 Å². The van der Waals surface area contributed by atoms with E-state index >= 15 is 0 Å². The molecule has 1 atom stereocenters. The standard InChI is InChI=1S/C9H17N5/c1-4-8(10)5-11-9-12-6(2)7(3)13-14-9/h8H,4-5,10H2,1-3H3,(H,11,12,14). The molecule has 5 nitrogen and oxygen atoms in total. The van der Waals surface area contributed by atoms with Gasteiger partial charge < -0.3 is 11.1 Å². The Morgan fingerprint density at radius 3 is 2.57 bits per heavy atom. The van der Waals surface area contributed by atoms with Crippen molar-refractivity contribution in [3.05, 3.63) is 11.4 Å². The first-order valence-electron chi connectivity index (χ1n) is 4.80. The van der Waals surface area contributed by atoms with Gasteiger partial charge in [-0.3, -0.25) is 0 Å². The van der Waals surface area contributed by atoms with Gasteiger partial charge in [-0.1, -0.05) is 6.92 Å². The molecule has 1 aromatic rings. The number of nitrogens with two attached hydrogens (primary N) is 1. The molecule has 0 aliphatic carbocycles. The maximum absolute atomic E-state index is 5.75. The summed E-state index contributed by atoms with van der Waals surface area (Å²) in [4.78, 5) is 4.24. The molecule has 0 aliphatic rings. The lowest BCUT2D eigenvalue weighted by molar-refractivity contribution is 0.673. The van der Waals surface area contributed by atoms with E-state index < -0.39 is 0 Å². The van der Waals surface area contributed by atoms with Crippen LogP contribution in [0.15, 0.2) is 0 Å². The molecule has 0 amide bonds. The van der Waals surface area contributed by atoms with Crippen molar-refractivity contribution in [2.45, 2.75) is 33.2 Å². The van der Waals surface area contributed by atoms with Crippen molar-refractivity contribution in [1.29, 1.82) is 0 Å². The van der Waals surface area contributed by atoms with Gasteiger partial charge in [-0.05, 0) is 20.3 Å². The van der Waals surface area contributed by atoms with Gasteiger partial charge in [-0.25, -0.2) is 4.98 Å². The molecule has 0 saturated heterocycles. The summed E-state index contributed by atoms with van der Waals surface area (Å²) in [5, 5.41) is 10.9. The lowest BCUT2D eigenvalue weighted by Gasteiger charge is -2.09. The molecule has 0 spiro atoms. The number of nitrogens with zero attached hydrogens (tertiary/aromatic N) is 3. The summed E-state index contributed by atoms with van der Waals surface area (Å²) >= 11 is 0. The Kier molecular flexibility index (Phi) is 3.76. The quantitative estimate of drug-likeness (QED) is 0.737. The fraction of sp³-hybridized carbons (Fsp3) is 0.667. The minimum absolute atomic E-state index is 0.139. The Morgan fingerprint density at radius 2 is 2.00 bits per heavy atom. The second kappa shape index (κ2) is 4.85. The topological polar surface area (TPSA) is 76.7 Å². The zero-order valence-electron chi connectivity index (χ0n) is 8.91. The van der Waals surface area contributed by atoms with Gasteiger partial charge in [-0.15, -0.1) is 5.10 Å². The van der Waals surface area contributed by atoms with E-state index in [1.165, 1.54) is 0 Å². The van der Waals surface area contributed by atoms with E-state index in [2.05, 4.69) is 20.5 Å². The first kappa shape index (κ1) is 10.8. The minimum atomic E-state index is 0.139. The number of anilines is 1. The molecule has 1 heterocycles. The van der Waals surface area contributed by atoms with Gasteiger partial charge in [0.05, 0.1) is 11.4 Å². The van der Waals surface area contributed by atoms with Gasteiger partial charge in [0.25, 0.3) is 0 Å². The zero-order valence-corrected chi connectivity index (χ0v) is 8.91. The molecular formula is C9H17N5. The Morgan fingerprint density at radius 1 is 1.29 bits per heavy atom. The molecule has 0 aromatic carbocycles. The normalized spacial score (nSPS) is 12.6. The predicted molar refractivity (Wildman–Crippen MR) is 56.1 cm³/mol. The summed E-state index contributed by atoms with van der Waals surface area (Å²) in [5.74, 6) is 0.553. The molecule has 0 radical (unpaired) electrons. The minimum Gasteiger partial charge on any atom is -0.351 e. The van der Waals surface area contributed by atoms with Crippen molar-refractivity contribution in [2.75, 3.05) is 11.9 Å². The molecule has 0 saturated carbocycles. The average molecular weight is 195 g/mol. The second-order valence-corrected chi connectivity index (χ2v) is 3.36. The molecule has 5 heteroatoms. The van der Waals surface area contributed by atoms with Crippen LogP contribution in [0, 0.1) is 13.8 Å². The molecule has 1 aromatic heterocycles. The van der Waals surface area contributed by atoms with Crippen LogP contribution in [0.4, 0.5) is 5.95 Å². The third kappa shape index (κ3) is 2.92. The van der Waals surface area contributed by atoms with Crippen LogP contribution in [-0.2, 0) is 0 Å². The highest BCUT2D eigenvalue weighted by atomic mass is 15.2. The van der Waals surface area contributed by atoms with Crippen LogP contribution < -0.4 is 11.1 Å². The predicted octanol–water partition coefficient (Wildman–Crippen LogP) is 0.638. The molecule has 0 fully saturated rings. The average Bonchev–Trinajstić information content (AvgIpc) is 2.19. The van der Waals surface area contributed by atoms with Crippen LogP contribution in [0.2, 0.25) is 0 Å². The van der Waals surface area contributed by atoms with E-state index in [0.717, 1.165) is 17.8 Å². The maximum Gasteiger partial charge on any atom is 0.243 e. The summed E-state index contributed by atoms with van der Waals surface area (Å²) in [6.07, 6.45) is 0.936. The van der Waals surface area contributed by atoms with Crippen molar-refractivity contribution >= 4 is 5.95 Å². The Labute approximate surface area is 84.1 Å². The van der Waals surface area contributed by atoms with Crippen molar-refractivity contribution in [3.63, 3.8) is 0 Å². The first-order chi connectivity index (χ1) is 6.63.